The summed E-state index contributed by atoms with van der Waals surface area (Å²) in [6, 6.07) is 10.1. The summed E-state index contributed by atoms with van der Waals surface area (Å²) in [5.74, 6) is 2.39. The van der Waals surface area contributed by atoms with Gasteiger partial charge in [0.15, 0.2) is 0 Å². The SMILES string of the molecule is C#CCOCCOCCOCc1ccccc1. The van der Waals surface area contributed by atoms with Gasteiger partial charge in [0.2, 0.25) is 0 Å². The Morgan fingerprint density at radius 1 is 0.882 bits per heavy atom. The molecule has 1 rings (SSSR count). The Morgan fingerprint density at radius 3 is 2.24 bits per heavy atom. The average Bonchev–Trinajstić information content (AvgIpc) is 2.38. The smallest absolute Gasteiger partial charge is 0.107 e. The molecule has 92 valence electrons. The van der Waals surface area contributed by atoms with Crippen LogP contribution in [0.25, 0.3) is 0 Å². The molecule has 0 atom stereocenters. The molecule has 0 amide bonds. The fraction of sp³-hybridized carbons (Fsp3) is 0.429. The molecule has 0 radical (unpaired) electrons. The lowest BCUT2D eigenvalue weighted by molar-refractivity contribution is 0.0158. The molecule has 0 spiro atoms. The van der Waals surface area contributed by atoms with Crippen LogP contribution in [0.4, 0.5) is 0 Å². The van der Waals surface area contributed by atoms with Crippen LogP contribution in [-0.2, 0) is 20.8 Å². The lowest BCUT2D eigenvalue weighted by atomic mass is 10.2. The molecule has 0 aliphatic carbocycles. The molecule has 0 aliphatic rings. The number of rotatable bonds is 9. The Labute approximate surface area is 103 Å². The topological polar surface area (TPSA) is 27.7 Å². The number of hydrogen-bond donors (Lipinski definition) is 0. The molecule has 0 aliphatic heterocycles. The summed E-state index contributed by atoms with van der Waals surface area (Å²) in [4.78, 5) is 0. The van der Waals surface area contributed by atoms with Gasteiger partial charge in [-0.2, -0.15) is 0 Å². The lowest BCUT2D eigenvalue weighted by Gasteiger charge is -2.05. The Balaban J connectivity index is 1.87. The van der Waals surface area contributed by atoms with Crippen LogP contribution in [0.5, 0.6) is 0 Å². The monoisotopic (exact) mass is 234 g/mol. The first-order valence-electron chi connectivity index (χ1n) is 5.64. The minimum absolute atomic E-state index is 0.341. The first kappa shape index (κ1) is 13.7. The van der Waals surface area contributed by atoms with E-state index in [1.165, 1.54) is 5.56 Å². The molecular weight excluding hydrogens is 216 g/mol. The number of ether oxygens (including phenoxy) is 3. The van der Waals surface area contributed by atoms with Gasteiger partial charge in [-0.25, -0.2) is 0 Å². The summed E-state index contributed by atoms with van der Waals surface area (Å²) in [6.07, 6.45) is 5.03. The standard InChI is InChI=1S/C14H18O3/c1-2-8-15-9-10-16-11-12-17-13-14-6-4-3-5-7-14/h1,3-7H,8-13H2. The van der Waals surface area contributed by atoms with E-state index >= 15 is 0 Å². The summed E-state index contributed by atoms with van der Waals surface area (Å²) in [5, 5.41) is 0. The Bertz CT molecular complexity index is 316. The molecule has 1 aromatic carbocycles. The predicted molar refractivity (Wildman–Crippen MR) is 66.6 cm³/mol. The van der Waals surface area contributed by atoms with Crippen molar-refractivity contribution in [3.05, 3.63) is 35.9 Å². The van der Waals surface area contributed by atoms with Gasteiger partial charge in [-0.15, -0.1) is 6.42 Å². The third-order valence-corrected chi connectivity index (χ3v) is 2.04. The van der Waals surface area contributed by atoms with Crippen LogP contribution in [0, 0.1) is 12.3 Å². The van der Waals surface area contributed by atoms with Gasteiger partial charge >= 0.3 is 0 Å². The second-order valence-electron chi connectivity index (χ2n) is 3.41. The van der Waals surface area contributed by atoms with Crippen LogP contribution in [0.3, 0.4) is 0 Å². The van der Waals surface area contributed by atoms with Crippen molar-refractivity contribution in [3.63, 3.8) is 0 Å². The molecule has 0 saturated carbocycles. The fourth-order valence-corrected chi connectivity index (χ4v) is 1.23. The maximum Gasteiger partial charge on any atom is 0.107 e. The van der Waals surface area contributed by atoms with Crippen LogP contribution in [0.15, 0.2) is 30.3 Å². The van der Waals surface area contributed by atoms with Crippen molar-refractivity contribution >= 4 is 0 Å². The summed E-state index contributed by atoms with van der Waals surface area (Å²) in [5.41, 5.74) is 1.17. The van der Waals surface area contributed by atoms with Crippen molar-refractivity contribution in [2.24, 2.45) is 0 Å². The number of terminal acetylenes is 1. The highest BCUT2D eigenvalue weighted by Gasteiger charge is 1.92. The van der Waals surface area contributed by atoms with Gasteiger partial charge in [0, 0.05) is 0 Å². The molecule has 0 heterocycles. The summed E-state index contributed by atoms with van der Waals surface area (Å²) >= 11 is 0. The van der Waals surface area contributed by atoms with Gasteiger partial charge in [-0.05, 0) is 5.56 Å². The zero-order valence-corrected chi connectivity index (χ0v) is 9.93. The summed E-state index contributed by atoms with van der Waals surface area (Å²) in [6.45, 7) is 3.21. The zero-order chi connectivity index (χ0) is 12.2. The van der Waals surface area contributed by atoms with Gasteiger partial charge in [-0.3, -0.25) is 0 Å². The van der Waals surface area contributed by atoms with E-state index in [1.807, 2.05) is 30.3 Å². The van der Waals surface area contributed by atoms with Crippen molar-refractivity contribution in [1.82, 2.24) is 0 Å². The maximum atomic E-state index is 5.45. The molecule has 0 N–H and O–H groups in total. The largest absolute Gasteiger partial charge is 0.377 e. The Hall–Kier alpha value is -1.34. The van der Waals surface area contributed by atoms with Crippen molar-refractivity contribution < 1.29 is 14.2 Å². The fourth-order valence-electron chi connectivity index (χ4n) is 1.23. The molecule has 0 fully saturated rings. The van der Waals surface area contributed by atoms with E-state index in [0.717, 1.165) is 0 Å². The maximum absolute atomic E-state index is 5.45. The normalized spacial score (nSPS) is 10.1. The van der Waals surface area contributed by atoms with E-state index in [2.05, 4.69) is 5.92 Å². The van der Waals surface area contributed by atoms with Crippen molar-refractivity contribution in [2.45, 2.75) is 6.61 Å². The van der Waals surface area contributed by atoms with Gasteiger partial charge in [0.1, 0.15) is 6.61 Å². The van der Waals surface area contributed by atoms with Crippen LogP contribution in [0.1, 0.15) is 5.56 Å². The third kappa shape index (κ3) is 7.53. The van der Waals surface area contributed by atoms with Crippen LogP contribution in [0.2, 0.25) is 0 Å². The van der Waals surface area contributed by atoms with Gasteiger partial charge in [0.25, 0.3) is 0 Å². The van der Waals surface area contributed by atoms with E-state index in [4.69, 9.17) is 20.6 Å². The van der Waals surface area contributed by atoms with Crippen LogP contribution < -0.4 is 0 Å². The second kappa shape index (κ2) is 9.86. The first-order chi connectivity index (χ1) is 8.43. The highest BCUT2D eigenvalue weighted by Crippen LogP contribution is 1.99. The molecule has 0 aromatic heterocycles. The Kier molecular flexibility index (Phi) is 7.96. The molecule has 3 nitrogen and oxygen atoms in total. The minimum Gasteiger partial charge on any atom is -0.377 e. The molecular formula is C14H18O3. The van der Waals surface area contributed by atoms with E-state index in [1.54, 1.807) is 0 Å². The molecule has 0 bridgehead atoms. The van der Waals surface area contributed by atoms with Crippen LogP contribution in [-0.4, -0.2) is 33.0 Å². The van der Waals surface area contributed by atoms with Gasteiger partial charge in [0.05, 0.1) is 33.0 Å². The zero-order valence-electron chi connectivity index (χ0n) is 9.93. The van der Waals surface area contributed by atoms with Crippen molar-refractivity contribution in [1.29, 1.82) is 0 Å². The minimum atomic E-state index is 0.341. The quantitative estimate of drug-likeness (QED) is 0.482. The van der Waals surface area contributed by atoms with Crippen LogP contribution >= 0.6 is 0 Å². The number of benzene rings is 1. The van der Waals surface area contributed by atoms with Gasteiger partial charge < -0.3 is 14.2 Å². The first-order valence-corrected chi connectivity index (χ1v) is 5.64. The summed E-state index contributed by atoms with van der Waals surface area (Å²) < 4.78 is 15.8. The second-order valence-corrected chi connectivity index (χ2v) is 3.41. The van der Waals surface area contributed by atoms with Crippen molar-refractivity contribution in [2.75, 3.05) is 33.0 Å². The summed E-state index contributed by atoms with van der Waals surface area (Å²) in [7, 11) is 0. The molecule has 17 heavy (non-hydrogen) atoms. The van der Waals surface area contributed by atoms with E-state index in [-0.39, 0.29) is 0 Å². The highest BCUT2D eigenvalue weighted by atomic mass is 16.5. The lowest BCUT2D eigenvalue weighted by Crippen LogP contribution is -2.09. The molecule has 1 aromatic rings. The van der Waals surface area contributed by atoms with E-state index in [9.17, 15) is 0 Å². The Morgan fingerprint density at radius 2 is 1.53 bits per heavy atom. The highest BCUT2D eigenvalue weighted by molar-refractivity contribution is 5.13. The van der Waals surface area contributed by atoms with E-state index < -0.39 is 0 Å². The molecule has 3 heteroatoms. The van der Waals surface area contributed by atoms with Gasteiger partial charge in [-0.1, -0.05) is 36.3 Å². The van der Waals surface area contributed by atoms with Crippen molar-refractivity contribution in [3.8, 4) is 12.3 Å². The predicted octanol–water partition coefficient (Wildman–Crippen LogP) is 1.87. The molecule has 0 unspecified atom stereocenters. The van der Waals surface area contributed by atoms with E-state index in [0.29, 0.717) is 39.6 Å². The average molecular weight is 234 g/mol. The molecule has 0 saturated heterocycles. The third-order valence-electron chi connectivity index (χ3n) is 2.04. The number of hydrogen-bond acceptors (Lipinski definition) is 3.